The predicted octanol–water partition coefficient (Wildman–Crippen LogP) is 1.88. The molecule has 0 spiro atoms. The first-order chi connectivity index (χ1) is 4.27. The second-order valence-corrected chi connectivity index (χ2v) is 1.44. The van der Waals surface area contributed by atoms with Crippen molar-refractivity contribution in [1.29, 1.82) is 0 Å². The smallest absolute Gasteiger partial charge is 0.0195 e. The van der Waals surface area contributed by atoms with Gasteiger partial charge in [-0.25, -0.2) is 0 Å². The summed E-state index contributed by atoms with van der Waals surface area (Å²) >= 11 is 0. The van der Waals surface area contributed by atoms with Crippen LogP contribution in [0.1, 0.15) is 6.92 Å². The Kier molecular flexibility index (Phi) is 12.5. The molecule has 0 aliphatic rings. The lowest BCUT2D eigenvalue weighted by molar-refractivity contribution is 1.48. The van der Waals surface area contributed by atoms with Gasteiger partial charge in [0.05, 0.1) is 0 Å². The molecule has 0 aromatic rings. The van der Waals surface area contributed by atoms with E-state index >= 15 is 0 Å². The van der Waals surface area contributed by atoms with E-state index in [0.717, 1.165) is 5.57 Å². The SMILES string of the molecule is C=C/C=C\C(=C)C.CN. The van der Waals surface area contributed by atoms with Crippen LogP contribution in [0.3, 0.4) is 0 Å². The molecule has 0 heterocycles. The minimum Gasteiger partial charge on any atom is -0.333 e. The highest BCUT2D eigenvalue weighted by Crippen LogP contribution is 1.86. The topological polar surface area (TPSA) is 26.0 Å². The Morgan fingerprint density at radius 3 is 2.00 bits per heavy atom. The highest BCUT2D eigenvalue weighted by Gasteiger charge is 1.65. The minimum atomic E-state index is 1.06. The van der Waals surface area contributed by atoms with Crippen LogP contribution in [0.15, 0.2) is 37.0 Å². The van der Waals surface area contributed by atoms with Gasteiger partial charge in [0.1, 0.15) is 0 Å². The zero-order valence-corrected chi connectivity index (χ0v) is 6.22. The number of nitrogens with two attached hydrogens (primary N) is 1. The summed E-state index contributed by atoms with van der Waals surface area (Å²) in [4.78, 5) is 0. The molecule has 0 radical (unpaired) electrons. The Hall–Kier alpha value is -0.820. The summed E-state index contributed by atoms with van der Waals surface area (Å²) in [6.45, 7) is 9.11. The highest BCUT2D eigenvalue weighted by molar-refractivity contribution is 5.15. The van der Waals surface area contributed by atoms with Crippen LogP contribution in [0, 0.1) is 0 Å². The molecule has 0 aliphatic carbocycles. The molecule has 0 rings (SSSR count). The maximum atomic E-state index is 4.50. The fraction of sp³-hybridized carbons (Fsp3) is 0.250. The summed E-state index contributed by atoms with van der Waals surface area (Å²) in [7, 11) is 1.50. The van der Waals surface area contributed by atoms with Crippen LogP contribution in [0.2, 0.25) is 0 Å². The molecule has 0 amide bonds. The fourth-order valence-electron chi connectivity index (χ4n) is 0.232. The van der Waals surface area contributed by atoms with Crippen molar-refractivity contribution >= 4 is 0 Å². The van der Waals surface area contributed by atoms with Crippen LogP contribution in [0.5, 0.6) is 0 Å². The maximum absolute atomic E-state index is 4.50. The molecule has 0 saturated carbocycles. The molecule has 0 atom stereocenters. The van der Waals surface area contributed by atoms with Gasteiger partial charge in [0.25, 0.3) is 0 Å². The van der Waals surface area contributed by atoms with Gasteiger partial charge in [-0.05, 0) is 14.0 Å². The molecule has 1 heteroatoms. The quantitative estimate of drug-likeness (QED) is 0.560. The third-order valence-corrected chi connectivity index (χ3v) is 0.517. The van der Waals surface area contributed by atoms with Gasteiger partial charge in [-0.1, -0.05) is 37.0 Å². The lowest BCUT2D eigenvalue weighted by Gasteiger charge is -1.77. The second kappa shape index (κ2) is 10.2. The average molecular weight is 125 g/mol. The van der Waals surface area contributed by atoms with Crippen LogP contribution < -0.4 is 5.73 Å². The first kappa shape index (κ1) is 11.0. The van der Waals surface area contributed by atoms with Gasteiger partial charge >= 0.3 is 0 Å². The summed E-state index contributed by atoms with van der Waals surface area (Å²) in [6, 6.07) is 0. The number of rotatable bonds is 2. The number of hydrogen-bond donors (Lipinski definition) is 1. The third kappa shape index (κ3) is 19.1. The van der Waals surface area contributed by atoms with Crippen molar-refractivity contribution in [2.45, 2.75) is 6.92 Å². The summed E-state index contributed by atoms with van der Waals surface area (Å²) in [5.41, 5.74) is 5.56. The zero-order chi connectivity index (χ0) is 7.70. The maximum Gasteiger partial charge on any atom is -0.0195 e. The van der Waals surface area contributed by atoms with Crippen molar-refractivity contribution in [3.05, 3.63) is 37.0 Å². The molecule has 52 valence electrons. The van der Waals surface area contributed by atoms with Crippen molar-refractivity contribution in [3.8, 4) is 0 Å². The zero-order valence-electron chi connectivity index (χ0n) is 6.22. The van der Waals surface area contributed by atoms with Gasteiger partial charge in [-0.2, -0.15) is 0 Å². The first-order valence-corrected chi connectivity index (χ1v) is 2.79. The van der Waals surface area contributed by atoms with Gasteiger partial charge in [-0.3, -0.25) is 0 Å². The first-order valence-electron chi connectivity index (χ1n) is 2.79. The van der Waals surface area contributed by atoms with E-state index in [2.05, 4.69) is 18.9 Å². The molecule has 9 heavy (non-hydrogen) atoms. The van der Waals surface area contributed by atoms with E-state index in [4.69, 9.17) is 0 Å². The molecular formula is C8H15N. The summed E-state index contributed by atoms with van der Waals surface area (Å²) in [5.74, 6) is 0. The molecule has 0 aliphatic heterocycles. The van der Waals surface area contributed by atoms with E-state index in [1.54, 1.807) is 6.08 Å². The average Bonchev–Trinajstić information content (AvgIpc) is 1.88. The molecule has 0 bridgehead atoms. The molecule has 0 saturated heterocycles. The predicted molar refractivity (Wildman–Crippen MR) is 44.3 cm³/mol. The van der Waals surface area contributed by atoms with Crippen molar-refractivity contribution in [2.24, 2.45) is 5.73 Å². The molecule has 0 fully saturated rings. The Labute approximate surface area is 57.6 Å². The summed E-state index contributed by atoms with van der Waals surface area (Å²) < 4.78 is 0. The Morgan fingerprint density at radius 2 is 1.89 bits per heavy atom. The molecule has 1 nitrogen and oxygen atoms in total. The van der Waals surface area contributed by atoms with Gasteiger partial charge in [0.15, 0.2) is 0 Å². The van der Waals surface area contributed by atoms with Gasteiger partial charge in [0, 0.05) is 0 Å². The summed E-state index contributed by atoms with van der Waals surface area (Å²) in [5, 5.41) is 0. The lowest BCUT2D eigenvalue weighted by Crippen LogP contribution is -1.69. The molecular weight excluding hydrogens is 110 g/mol. The third-order valence-electron chi connectivity index (χ3n) is 0.517. The fourth-order valence-corrected chi connectivity index (χ4v) is 0.232. The van der Waals surface area contributed by atoms with Crippen LogP contribution >= 0.6 is 0 Å². The van der Waals surface area contributed by atoms with Gasteiger partial charge in [0.2, 0.25) is 0 Å². The summed E-state index contributed by atoms with van der Waals surface area (Å²) in [6.07, 6.45) is 5.50. The minimum absolute atomic E-state index is 1.06. The van der Waals surface area contributed by atoms with Crippen molar-refractivity contribution in [1.82, 2.24) is 0 Å². The molecule has 0 unspecified atom stereocenters. The van der Waals surface area contributed by atoms with E-state index in [1.807, 2.05) is 19.1 Å². The van der Waals surface area contributed by atoms with E-state index in [1.165, 1.54) is 7.05 Å². The number of hydrogen-bond acceptors (Lipinski definition) is 1. The van der Waals surface area contributed by atoms with Gasteiger partial charge in [-0.15, -0.1) is 0 Å². The van der Waals surface area contributed by atoms with Crippen molar-refractivity contribution < 1.29 is 0 Å². The van der Waals surface area contributed by atoms with Crippen molar-refractivity contribution in [3.63, 3.8) is 0 Å². The number of allylic oxidation sites excluding steroid dienone is 4. The Morgan fingerprint density at radius 1 is 1.44 bits per heavy atom. The Bertz CT molecular complexity index is 101. The monoisotopic (exact) mass is 125 g/mol. The van der Waals surface area contributed by atoms with E-state index in [0.29, 0.717) is 0 Å². The van der Waals surface area contributed by atoms with Crippen LogP contribution in [0.25, 0.3) is 0 Å². The molecule has 0 aromatic carbocycles. The van der Waals surface area contributed by atoms with E-state index < -0.39 is 0 Å². The van der Waals surface area contributed by atoms with Crippen LogP contribution in [-0.4, -0.2) is 7.05 Å². The normalized spacial score (nSPS) is 7.89. The van der Waals surface area contributed by atoms with Gasteiger partial charge < -0.3 is 5.73 Å². The lowest BCUT2D eigenvalue weighted by atomic mass is 10.3. The second-order valence-electron chi connectivity index (χ2n) is 1.44. The Balaban J connectivity index is 0. The van der Waals surface area contributed by atoms with E-state index in [-0.39, 0.29) is 0 Å². The van der Waals surface area contributed by atoms with Crippen molar-refractivity contribution in [2.75, 3.05) is 7.05 Å². The largest absolute Gasteiger partial charge is 0.333 e. The van der Waals surface area contributed by atoms with Crippen LogP contribution in [0.4, 0.5) is 0 Å². The highest BCUT2D eigenvalue weighted by atomic mass is 14.4. The molecule has 0 aromatic heterocycles. The van der Waals surface area contributed by atoms with Crippen LogP contribution in [-0.2, 0) is 0 Å². The van der Waals surface area contributed by atoms with E-state index in [9.17, 15) is 0 Å². The standard InChI is InChI=1S/C7H10.CH5N/c1-4-5-6-7(2)3;1-2/h4-6H,1-2H2,3H3;2H2,1H3/b6-5-;. The molecule has 2 N–H and O–H groups in total.